The van der Waals surface area contributed by atoms with Gasteiger partial charge >= 0.3 is 5.97 Å². The Kier molecular flexibility index (Phi) is 4.80. The van der Waals surface area contributed by atoms with Crippen molar-refractivity contribution < 1.29 is 18.7 Å². The molecule has 0 fully saturated rings. The van der Waals surface area contributed by atoms with Crippen molar-refractivity contribution in [2.45, 2.75) is 13.5 Å². The van der Waals surface area contributed by atoms with Crippen LogP contribution in [0.15, 0.2) is 17.1 Å². The Balaban J connectivity index is 2.87. The highest BCUT2D eigenvalue weighted by atomic mass is 79.9. The van der Waals surface area contributed by atoms with Gasteiger partial charge in [-0.2, -0.15) is 0 Å². The number of nitrogens with zero attached hydrogens (tertiary/aromatic N) is 1. The number of aryl methyl sites for hydroxylation is 1. The fourth-order valence-corrected chi connectivity index (χ4v) is 2.42. The Morgan fingerprint density at radius 2 is 2.14 bits per heavy atom. The van der Waals surface area contributed by atoms with Crippen LogP contribution in [0, 0.1) is 11.6 Å². The number of nitrogens with one attached hydrogen (secondary N) is 1. The van der Waals surface area contributed by atoms with Crippen molar-refractivity contribution in [3.05, 3.63) is 39.7 Å². The van der Waals surface area contributed by atoms with E-state index in [1.165, 1.54) is 4.57 Å². The van der Waals surface area contributed by atoms with Crippen molar-refractivity contribution in [1.82, 2.24) is 4.57 Å². The van der Waals surface area contributed by atoms with Crippen molar-refractivity contribution in [3.8, 4) is 0 Å². The fourth-order valence-electron chi connectivity index (χ4n) is 2.22. The van der Waals surface area contributed by atoms with Crippen LogP contribution in [-0.2, 0) is 6.54 Å². The summed E-state index contributed by atoms with van der Waals surface area (Å²) in [4.78, 5) is 23.2. The predicted molar refractivity (Wildman–Crippen MR) is 83.0 cm³/mol. The molecule has 5 nitrogen and oxygen atoms in total. The molecule has 0 atom stereocenters. The minimum Gasteiger partial charge on any atom is -0.477 e. The number of pyridine rings is 1. The van der Waals surface area contributed by atoms with E-state index >= 15 is 0 Å². The monoisotopic (exact) mass is 374 g/mol. The van der Waals surface area contributed by atoms with Gasteiger partial charge in [-0.15, -0.1) is 0 Å². The zero-order valence-corrected chi connectivity index (χ0v) is 13.2. The average Bonchev–Trinajstić information content (AvgIpc) is 2.47. The number of hydrogen-bond acceptors (Lipinski definition) is 3. The van der Waals surface area contributed by atoms with Gasteiger partial charge in [0.1, 0.15) is 17.1 Å². The summed E-state index contributed by atoms with van der Waals surface area (Å²) in [5.74, 6) is -3.28. The topological polar surface area (TPSA) is 71.3 Å². The lowest BCUT2D eigenvalue weighted by Crippen LogP contribution is -2.20. The Morgan fingerprint density at radius 1 is 1.45 bits per heavy atom. The number of alkyl halides is 1. The number of anilines is 1. The normalized spacial score (nSPS) is 10.9. The second kappa shape index (κ2) is 6.43. The SMILES string of the molecule is CCn1cc(C(=O)O)c(=O)c2cc(F)c(NCCBr)c(F)c21. The molecule has 0 saturated carbocycles. The number of carboxylic acid groups (broad SMARTS) is 1. The summed E-state index contributed by atoms with van der Waals surface area (Å²) in [5, 5.41) is 11.8. The minimum atomic E-state index is -1.43. The zero-order valence-electron chi connectivity index (χ0n) is 11.6. The van der Waals surface area contributed by atoms with Gasteiger partial charge in [0, 0.05) is 24.6 Å². The summed E-state index contributed by atoms with van der Waals surface area (Å²) in [6.45, 7) is 2.20. The van der Waals surface area contributed by atoms with Gasteiger partial charge in [0.2, 0.25) is 5.43 Å². The molecule has 2 rings (SSSR count). The number of rotatable bonds is 5. The first kappa shape index (κ1) is 16.4. The van der Waals surface area contributed by atoms with Crippen LogP contribution in [0.25, 0.3) is 10.9 Å². The molecule has 0 aliphatic heterocycles. The maximum Gasteiger partial charge on any atom is 0.341 e. The quantitative estimate of drug-likeness (QED) is 0.789. The molecule has 1 aromatic heterocycles. The Morgan fingerprint density at radius 3 is 2.68 bits per heavy atom. The van der Waals surface area contributed by atoms with Crippen LogP contribution in [0.2, 0.25) is 0 Å². The van der Waals surface area contributed by atoms with E-state index in [9.17, 15) is 18.4 Å². The molecule has 0 radical (unpaired) electrons. The van der Waals surface area contributed by atoms with E-state index in [1.807, 2.05) is 0 Å². The number of carboxylic acids is 1. The lowest BCUT2D eigenvalue weighted by atomic mass is 10.1. The Hall–Kier alpha value is -1.96. The van der Waals surface area contributed by atoms with Gasteiger partial charge in [-0.05, 0) is 13.0 Å². The van der Waals surface area contributed by atoms with Crippen molar-refractivity contribution in [1.29, 1.82) is 0 Å². The van der Waals surface area contributed by atoms with Gasteiger partial charge in [0.05, 0.1) is 10.9 Å². The van der Waals surface area contributed by atoms with Gasteiger partial charge in [0.25, 0.3) is 0 Å². The van der Waals surface area contributed by atoms with Crippen LogP contribution in [0.1, 0.15) is 17.3 Å². The largest absolute Gasteiger partial charge is 0.477 e. The van der Waals surface area contributed by atoms with Gasteiger partial charge < -0.3 is 15.0 Å². The van der Waals surface area contributed by atoms with Crippen molar-refractivity contribution in [3.63, 3.8) is 0 Å². The molecular weight excluding hydrogens is 362 g/mol. The number of carbonyl (C=O) groups is 1. The number of fused-ring (bicyclic) bond motifs is 1. The standard InChI is InChI=1S/C14H13BrF2N2O3/c1-2-19-6-8(14(21)22)13(20)7-5-9(16)11(18-4-3-15)10(17)12(7)19/h5-6,18H,2-4H2,1H3,(H,21,22). The third kappa shape index (κ3) is 2.70. The maximum absolute atomic E-state index is 14.6. The first-order valence-corrected chi connectivity index (χ1v) is 7.62. The summed E-state index contributed by atoms with van der Waals surface area (Å²) >= 11 is 3.14. The third-order valence-corrected chi connectivity index (χ3v) is 3.62. The van der Waals surface area contributed by atoms with Crippen molar-refractivity contribution in [2.75, 3.05) is 17.2 Å². The van der Waals surface area contributed by atoms with Crippen LogP contribution in [0.4, 0.5) is 14.5 Å². The molecule has 1 heterocycles. The van der Waals surface area contributed by atoms with E-state index in [1.54, 1.807) is 6.92 Å². The van der Waals surface area contributed by atoms with E-state index in [-0.39, 0.29) is 23.1 Å². The minimum absolute atomic E-state index is 0.115. The number of aromatic carboxylic acids is 1. The summed E-state index contributed by atoms with van der Waals surface area (Å²) in [6.07, 6.45) is 1.07. The second-order valence-electron chi connectivity index (χ2n) is 4.52. The van der Waals surface area contributed by atoms with E-state index < -0.39 is 28.6 Å². The van der Waals surface area contributed by atoms with Crippen molar-refractivity contribution >= 4 is 38.5 Å². The molecule has 8 heteroatoms. The molecule has 22 heavy (non-hydrogen) atoms. The summed E-state index contributed by atoms with van der Waals surface area (Å²) < 4.78 is 29.9. The summed E-state index contributed by atoms with van der Waals surface area (Å²) in [6, 6.07) is 0.871. The van der Waals surface area contributed by atoms with Crippen LogP contribution < -0.4 is 10.7 Å². The lowest BCUT2D eigenvalue weighted by molar-refractivity contribution is 0.0695. The first-order valence-electron chi connectivity index (χ1n) is 6.50. The number of aromatic nitrogens is 1. The average molecular weight is 375 g/mol. The van der Waals surface area contributed by atoms with E-state index in [0.29, 0.717) is 11.9 Å². The molecule has 118 valence electrons. The van der Waals surface area contributed by atoms with E-state index in [0.717, 1.165) is 12.3 Å². The molecule has 2 aromatic rings. The third-order valence-electron chi connectivity index (χ3n) is 3.22. The molecular formula is C14H13BrF2N2O3. The highest BCUT2D eigenvalue weighted by Crippen LogP contribution is 2.27. The Labute approximate surface area is 132 Å². The molecule has 2 N–H and O–H groups in total. The van der Waals surface area contributed by atoms with Gasteiger partial charge in [-0.25, -0.2) is 13.6 Å². The van der Waals surface area contributed by atoms with Crippen molar-refractivity contribution in [2.24, 2.45) is 0 Å². The van der Waals surface area contributed by atoms with Crippen LogP contribution >= 0.6 is 15.9 Å². The highest BCUT2D eigenvalue weighted by molar-refractivity contribution is 9.09. The highest BCUT2D eigenvalue weighted by Gasteiger charge is 2.21. The van der Waals surface area contributed by atoms with E-state index in [2.05, 4.69) is 21.2 Å². The second-order valence-corrected chi connectivity index (χ2v) is 5.32. The fraction of sp³-hybridized carbons (Fsp3) is 0.286. The van der Waals surface area contributed by atoms with Crippen LogP contribution in [0.5, 0.6) is 0 Å². The van der Waals surface area contributed by atoms with Gasteiger partial charge in [-0.3, -0.25) is 4.79 Å². The first-order chi connectivity index (χ1) is 10.4. The molecule has 0 aliphatic carbocycles. The molecule has 0 bridgehead atoms. The summed E-state index contributed by atoms with van der Waals surface area (Å²) in [5.41, 5.74) is -1.88. The van der Waals surface area contributed by atoms with E-state index in [4.69, 9.17) is 5.11 Å². The van der Waals surface area contributed by atoms with Gasteiger partial charge in [-0.1, -0.05) is 15.9 Å². The zero-order chi connectivity index (χ0) is 16.4. The molecule has 0 aliphatic rings. The lowest BCUT2D eigenvalue weighted by Gasteiger charge is -2.14. The Bertz CT molecular complexity index is 805. The van der Waals surface area contributed by atoms with Crippen LogP contribution in [0.3, 0.4) is 0 Å². The number of halogens is 3. The predicted octanol–water partition coefficient (Wildman–Crippen LogP) is 2.80. The smallest absolute Gasteiger partial charge is 0.341 e. The van der Waals surface area contributed by atoms with Crippen LogP contribution in [-0.4, -0.2) is 27.5 Å². The molecule has 1 aromatic carbocycles. The summed E-state index contributed by atoms with van der Waals surface area (Å²) in [7, 11) is 0. The molecule has 0 spiro atoms. The molecule has 0 amide bonds. The molecule has 0 saturated heterocycles. The van der Waals surface area contributed by atoms with Gasteiger partial charge in [0.15, 0.2) is 5.82 Å². The number of benzene rings is 1. The maximum atomic E-state index is 14.6. The number of hydrogen-bond donors (Lipinski definition) is 2. The molecule has 0 unspecified atom stereocenters.